The Balaban J connectivity index is 2.10. The highest BCUT2D eigenvalue weighted by Gasteiger charge is 2.31. The molecule has 86 valence electrons. The lowest BCUT2D eigenvalue weighted by atomic mass is 9.92. The van der Waals surface area contributed by atoms with Crippen LogP contribution in [0.4, 0.5) is 0 Å². The van der Waals surface area contributed by atoms with E-state index in [1.807, 2.05) is 0 Å². The first-order valence-corrected chi connectivity index (χ1v) is 6.73. The van der Waals surface area contributed by atoms with Crippen molar-refractivity contribution in [1.29, 1.82) is 0 Å². The molecule has 0 bridgehead atoms. The molecule has 4 atom stereocenters. The Bertz CT molecular complexity index is 393. The number of hydrogen-bond acceptors (Lipinski definition) is 0. The molecule has 16 heavy (non-hydrogen) atoms. The van der Waals surface area contributed by atoms with Gasteiger partial charge in [-0.05, 0) is 58.8 Å². The van der Waals surface area contributed by atoms with Crippen LogP contribution in [0.1, 0.15) is 61.8 Å². The van der Waals surface area contributed by atoms with Crippen LogP contribution in [0.2, 0.25) is 0 Å². The summed E-state index contributed by atoms with van der Waals surface area (Å²) in [6.07, 6.45) is 2.60. The molecule has 0 N–H and O–H groups in total. The molecule has 0 amide bonds. The van der Waals surface area contributed by atoms with E-state index in [1.165, 1.54) is 12.8 Å². The maximum Gasteiger partial charge on any atom is -0.0159 e. The summed E-state index contributed by atoms with van der Waals surface area (Å²) in [5.74, 6) is 3.21. The number of rotatable bonds is 0. The van der Waals surface area contributed by atoms with Crippen molar-refractivity contribution < 1.29 is 0 Å². The lowest BCUT2D eigenvalue weighted by Gasteiger charge is -2.13. The van der Waals surface area contributed by atoms with E-state index in [-0.39, 0.29) is 0 Å². The van der Waals surface area contributed by atoms with Crippen LogP contribution < -0.4 is 0 Å². The lowest BCUT2D eigenvalue weighted by Crippen LogP contribution is -2.00. The fourth-order valence-corrected chi connectivity index (χ4v) is 3.59. The third-order valence-corrected chi connectivity index (χ3v) is 5.17. The predicted octanol–water partition coefficient (Wildman–Crippen LogP) is 4.28. The van der Waals surface area contributed by atoms with Gasteiger partial charge in [-0.15, -0.1) is 0 Å². The van der Waals surface area contributed by atoms with Crippen LogP contribution in [0.15, 0.2) is 12.1 Å². The van der Waals surface area contributed by atoms with Gasteiger partial charge in [0.15, 0.2) is 0 Å². The van der Waals surface area contributed by atoms with Gasteiger partial charge in [0.2, 0.25) is 0 Å². The zero-order valence-electron chi connectivity index (χ0n) is 10.9. The molecular weight excluding hydrogens is 192 g/mol. The molecular formula is C16H22. The average molecular weight is 214 g/mol. The second kappa shape index (κ2) is 3.35. The maximum atomic E-state index is 2.53. The first kappa shape index (κ1) is 10.4. The Hall–Kier alpha value is -0.780. The zero-order chi connectivity index (χ0) is 11.4. The number of hydrogen-bond donors (Lipinski definition) is 0. The van der Waals surface area contributed by atoms with E-state index in [9.17, 15) is 0 Å². The van der Waals surface area contributed by atoms with Crippen molar-refractivity contribution in [3.05, 3.63) is 34.4 Å². The fraction of sp³-hybridized carbons (Fsp3) is 0.625. The topological polar surface area (TPSA) is 0 Å². The van der Waals surface area contributed by atoms with Crippen molar-refractivity contribution in [2.75, 3.05) is 0 Å². The molecule has 0 saturated heterocycles. The van der Waals surface area contributed by atoms with Crippen LogP contribution in [0.3, 0.4) is 0 Å². The molecule has 2 aliphatic rings. The molecule has 1 aromatic rings. The highest BCUT2D eigenvalue weighted by Crippen LogP contribution is 2.44. The molecule has 0 spiro atoms. The minimum Gasteiger partial charge on any atom is -0.0616 e. The SMILES string of the molecule is C[C@@H]1Cc2cc3c(cc2[C@@H]1C)[C@@H](C)[C@@H](C)C3. The molecule has 0 aromatic heterocycles. The summed E-state index contributed by atoms with van der Waals surface area (Å²) >= 11 is 0. The van der Waals surface area contributed by atoms with Gasteiger partial charge in [-0.1, -0.05) is 39.8 Å². The molecule has 0 heterocycles. The number of benzene rings is 1. The molecule has 0 aliphatic heterocycles. The van der Waals surface area contributed by atoms with Crippen LogP contribution in [0.5, 0.6) is 0 Å². The largest absolute Gasteiger partial charge is 0.0616 e. The zero-order valence-corrected chi connectivity index (χ0v) is 10.9. The minimum atomic E-state index is 0.767. The van der Waals surface area contributed by atoms with Gasteiger partial charge >= 0.3 is 0 Å². The van der Waals surface area contributed by atoms with Crippen molar-refractivity contribution in [1.82, 2.24) is 0 Å². The fourth-order valence-electron chi connectivity index (χ4n) is 3.59. The van der Waals surface area contributed by atoms with Crippen molar-refractivity contribution >= 4 is 0 Å². The van der Waals surface area contributed by atoms with Gasteiger partial charge in [0.25, 0.3) is 0 Å². The standard InChI is InChI=1S/C16H22/c1-9-5-13-7-14-6-10(2)12(4)16(14)8-15(13)11(9)3/h7-12H,5-6H2,1-4H3/t9-,10+,11-,12+. The van der Waals surface area contributed by atoms with Crippen LogP contribution >= 0.6 is 0 Å². The Morgan fingerprint density at radius 1 is 0.750 bits per heavy atom. The number of fused-ring (bicyclic) bond motifs is 2. The highest BCUT2D eigenvalue weighted by molar-refractivity contribution is 5.47. The van der Waals surface area contributed by atoms with E-state index in [2.05, 4.69) is 39.8 Å². The molecule has 3 rings (SSSR count). The average Bonchev–Trinajstić information content (AvgIpc) is 2.66. The predicted molar refractivity (Wildman–Crippen MR) is 69.0 cm³/mol. The third-order valence-electron chi connectivity index (χ3n) is 5.17. The molecule has 0 saturated carbocycles. The van der Waals surface area contributed by atoms with Crippen LogP contribution in [0, 0.1) is 11.8 Å². The first-order chi connectivity index (χ1) is 7.58. The maximum absolute atomic E-state index is 2.53. The highest BCUT2D eigenvalue weighted by atomic mass is 14.4. The minimum absolute atomic E-state index is 0.767. The molecule has 0 nitrogen and oxygen atoms in total. The Morgan fingerprint density at radius 2 is 1.19 bits per heavy atom. The summed E-state index contributed by atoms with van der Waals surface area (Å²) in [5.41, 5.74) is 6.57. The second-order valence-corrected chi connectivity index (χ2v) is 6.19. The second-order valence-electron chi connectivity index (χ2n) is 6.19. The Labute approximate surface area is 99.1 Å². The van der Waals surface area contributed by atoms with E-state index in [0.717, 1.165) is 23.7 Å². The van der Waals surface area contributed by atoms with Crippen molar-refractivity contribution in [2.45, 2.75) is 52.4 Å². The van der Waals surface area contributed by atoms with Gasteiger partial charge in [0, 0.05) is 0 Å². The van der Waals surface area contributed by atoms with E-state index in [4.69, 9.17) is 0 Å². The normalized spacial score (nSPS) is 36.2. The van der Waals surface area contributed by atoms with E-state index < -0.39 is 0 Å². The summed E-state index contributed by atoms with van der Waals surface area (Å²) in [6.45, 7) is 9.57. The summed E-state index contributed by atoms with van der Waals surface area (Å²) in [5, 5.41) is 0. The van der Waals surface area contributed by atoms with E-state index in [0.29, 0.717) is 0 Å². The van der Waals surface area contributed by atoms with Gasteiger partial charge < -0.3 is 0 Å². The summed E-state index contributed by atoms with van der Waals surface area (Å²) in [4.78, 5) is 0. The van der Waals surface area contributed by atoms with Crippen LogP contribution in [-0.4, -0.2) is 0 Å². The van der Waals surface area contributed by atoms with Gasteiger partial charge in [-0.25, -0.2) is 0 Å². The lowest BCUT2D eigenvalue weighted by molar-refractivity contribution is 0.524. The van der Waals surface area contributed by atoms with Gasteiger partial charge in [0.05, 0.1) is 0 Å². The molecule has 0 unspecified atom stereocenters. The molecule has 0 fully saturated rings. The molecule has 0 heteroatoms. The van der Waals surface area contributed by atoms with Crippen molar-refractivity contribution in [3.63, 3.8) is 0 Å². The molecule has 1 aromatic carbocycles. The summed E-state index contributed by atoms with van der Waals surface area (Å²) in [6, 6.07) is 5.05. The molecule has 0 radical (unpaired) electrons. The van der Waals surface area contributed by atoms with Crippen molar-refractivity contribution in [2.24, 2.45) is 11.8 Å². The van der Waals surface area contributed by atoms with Crippen LogP contribution in [-0.2, 0) is 12.8 Å². The van der Waals surface area contributed by atoms with E-state index in [1.54, 1.807) is 22.3 Å². The Kier molecular flexibility index (Phi) is 2.18. The van der Waals surface area contributed by atoms with Gasteiger partial charge in [0.1, 0.15) is 0 Å². The monoisotopic (exact) mass is 214 g/mol. The molecule has 2 aliphatic carbocycles. The smallest absolute Gasteiger partial charge is 0.0159 e. The van der Waals surface area contributed by atoms with Crippen molar-refractivity contribution in [3.8, 4) is 0 Å². The van der Waals surface area contributed by atoms with E-state index >= 15 is 0 Å². The third kappa shape index (κ3) is 1.28. The van der Waals surface area contributed by atoms with Gasteiger partial charge in [-0.3, -0.25) is 0 Å². The summed E-state index contributed by atoms with van der Waals surface area (Å²) < 4.78 is 0. The Morgan fingerprint density at radius 3 is 1.62 bits per heavy atom. The quantitative estimate of drug-likeness (QED) is 0.604. The first-order valence-electron chi connectivity index (χ1n) is 6.73. The van der Waals surface area contributed by atoms with Crippen LogP contribution in [0.25, 0.3) is 0 Å². The van der Waals surface area contributed by atoms with Gasteiger partial charge in [-0.2, -0.15) is 0 Å². The summed E-state index contributed by atoms with van der Waals surface area (Å²) in [7, 11) is 0.